The summed E-state index contributed by atoms with van der Waals surface area (Å²) in [7, 11) is 0. The second kappa shape index (κ2) is 7.60. The second-order valence-corrected chi connectivity index (χ2v) is 5.34. The average molecular weight is 282 g/mol. The summed E-state index contributed by atoms with van der Waals surface area (Å²) in [5, 5.41) is 3.33. The lowest BCUT2D eigenvalue weighted by molar-refractivity contribution is -0.120. The number of aryl methyl sites for hydroxylation is 1. The van der Waals surface area contributed by atoms with E-state index in [0.29, 0.717) is 0 Å². The molecule has 0 aliphatic rings. The Labute approximate surface area is 126 Å². The van der Waals surface area contributed by atoms with Gasteiger partial charge in [0.2, 0.25) is 5.91 Å². The van der Waals surface area contributed by atoms with Crippen LogP contribution in [0.15, 0.2) is 60.7 Å². The molecule has 0 aliphatic heterocycles. The van der Waals surface area contributed by atoms with Crippen LogP contribution in [-0.4, -0.2) is 11.9 Å². The molecule has 0 radical (unpaired) electrons. The van der Waals surface area contributed by atoms with Gasteiger partial charge < -0.3 is 5.73 Å². The summed E-state index contributed by atoms with van der Waals surface area (Å²) in [6, 6.07) is 19.7. The van der Waals surface area contributed by atoms with Crippen LogP contribution in [0.3, 0.4) is 0 Å². The first-order valence-corrected chi connectivity index (χ1v) is 7.31. The third-order valence-corrected chi connectivity index (χ3v) is 3.58. The van der Waals surface area contributed by atoms with Crippen molar-refractivity contribution >= 4 is 5.91 Å². The third kappa shape index (κ3) is 4.72. The molecule has 0 saturated heterocycles. The number of nitrogens with two attached hydrogens (primary N) is 1. The lowest BCUT2D eigenvalue weighted by Crippen LogP contribution is -2.38. The second-order valence-electron chi connectivity index (χ2n) is 5.34. The lowest BCUT2D eigenvalue weighted by atomic mass is 10.0. The zero-order chi connectivity index (χ0) is 15.1. The molecule has 3 nitrogen and oxygen atoms in total. The minimum absolute atomic E-state index is 0.211. The number of carbonyl (C=O) groups is 1. The highest BCUT2D eigenvalue weighted by Gasteiger charge is 2.19. The smallest absolute Gasteiger partial charge is 0.239 e. The van der Waals surface area contributed by atoms with Crippen LogP contribution in [0.2, 0.25) is 0 Å². The van der Waals surface area contributed by atoms with Crippen molar-refractivity contribution in [1.82, 2.24) is 5.32 Å². The van der Waals surface area contributed by atoms with Crippen LogP contribution in [0.5, 0.6) is 0 Å². The first-order valence-electron chi connectivity index (χ1n) is 7.31. The van der Waals surface area contributed by atoms with Crippen LogP contribution < -0.4 is 11.1 Å². The van der Waals surface area contributed by atoms with Crippen molar-refractivity contribution in [2.75, 3.05) is 0 Å². The summed E-state index contributed by atoms with van der Waals surface area (Å²) in [5.74, 6) is -0.340. The van der Waals surface area contributed by atoms with E-state index in [0.717, 1.165) is 18.4 Å². The van der Waals surface area contributed by atoms with E-state index in [9.17, 15) is 4.79 Å². The number of carbonyl (C=O) groups excluding carboxylic acids is 1. The molecule has 2 unspecified atom stereocenters. The molecule has 1 amide bonds. The molecule has 0 fully saturated rings. The van der Waals surface area contributed by atoms with Gasteiger partial charge >= 0.3 is 0 Å². The minimum Gasteiger partial charge on any atom is -0.368 e. The zero-order valence-electron chi connectivity index (χ0n) is 12.3. The molecule has 0 bridgehead atoms. The maximum Gasteiger partial charge on any atom is 0.239 e. The molecular weight excluding hydrogens is 260 g/mol. The van der Waals surface area contributed by atoms with Crippen molar-refractivity contribution in [3.8, 4) is 0 Å². The lowest BCUT2D eigenvalue weighted by Gasteiger charge is -2.21. The van der Waals surface area contributed by atoms with Crippen LogP contribution >= 0.6 is 0 Å². The van der Waals surface area contributed by atoms with Gasteiger partial charge in [-0.05, 0) is 30.9 Å². The number of rotatable bonds is 7. The van der Waals surface area contributed by atoms with Gasteiger partial charge in [-0.3, -0.25) is 10.1 Å². The fraction of sp³-hybridized carbons (Fsp3) is 0.278. The quantitative estimate of drug-likeness (QED) is 0.820. The summed E-state index contributed by atoms with van der Waals surface area (Å²) in [6.45, 7) is 2.09. The maximum absolute atomic E-state index is 11.7. The van der Waals surface area contributed by atoms with E-state index in [-0.39, 0.29) is 11.9 Å². The van der Waals surface area contributed by atoms with Gasteiger partial charge in [-0.15, -0.1) is 0 Å². The Bertz CT molecular complexity index is 554. The maximum atomic E-state index is 11.7. The van der Waals surface area contributed by atoms with Gasteiger partial charge in [0, 0.05) is 6.04 Å². The summed E-state index contributed by atoms with van der Waals surface area (Å²) in [4.78, 5) is 11.7. The normalized spacial score (nSPS) is 13.6. The molecule has 2 aromatic rings. The SMILES string of the molecule is CC(CCc1ccccc1)NC(C(N)=O)c1ccccc1. The predicted molar refractivity (Wildman–Crippen MR) is 85.7 cm³/mol. The first kappa shape index (κ1) is 15.3. The highest BCUT2D eigenvalue weighted by molar-refractivity contribution is 5.81. The van der Waals surface area contributed by atoms with Gasteiger partial charge in [-0.25, -0.2) is 0 Å². The Kier molecular flexibility index (Phi) is 5.52. The topological polar surface area (TPSA) is 55.1 Å². The Balaban J connectivity index is 1.93. The summed E-state index contributed by atoms with van der Waals surface area (Å²) in [6.07, 6.45) is 1.94. The summed E-state index contributed by atoms with van der Waals surface area (Å²) < 4.78 is 0. The molecular formula is C18H22N2O. The number of hydrogen-bond donors (Lipinski definition) is 2. The Morgan fingerprint density at radius 3 is 2.19 bits per heavy atom. The van der Waals surface area contributed by atoms with Crippen LogP contribution in [0.25, 0.3) is 0 Å². The van der Waals surface area contributed by atoms with Crippen LogP contribution in [0.1, 0.15) is 30.5 Å². The molecule has 0 aromatic heterocycles. The fourth-order valence-electron chi connectivity index (χ4n) is 2.38. The van der Waals surface area contributed by atoms with Crippen LogP contribution in [0.4, 0.5) is 0 Å². The highest BCUT2D eigenvalue weighted by Crippen LogP contribution is 2.14. The molecule has 0 aliphatic carbocycles. The van der Waals surface area contributed by atoms with E-state index >= 15 is 0 Å². The molecule has 2 atom stereocenters. The number of benzene rings is 2. The van der Waals surface area contributed by atoms with E-state index in [2.05, 4.69) is 24.4 Å². The Hall–Kier alpha value is -2.13. The van der Waals surface area contributed by atoms with E-state index in [4.69, 9.17) is 5.73 Å². The standard InChI is InChI=1S/C18H22N2O/c1-14(12-13-15-8-4-2-5-9-15)20-17(18(19)21)16-10-6-3-7-11-16/h2-11,14,17,20H,12-13H2,1H3,(H2,19,21). The van der Waals surface area contributed by atoms with E-state index in [1.54, 1.807) is 0 Å². The van der Waals surface area contributed by atoms with Gasteiger partial charge in [0.1, 0.15) is 6.04 Å². The van der Waals surface area contributed by atoms with Crippen LogP contribution in [-0.2, 0) is 11.2 Å². The average Bonchev–Trinajstić information content (AvgIpc) is 2.52. The number of hydrogen-bond acceptors (Lipinski definition) is 2. The van der Waals surface area contributed by atoms with Gasteiger partial charge in [-0.1, -0.05) is 60.7 Å². The molecule has 21 heavy (non-hydrogen) atoms. The monoisotopic (exact) mass is 282 g/mol. The molecule has 110 valence electrons. The van der Waals surface area contributed by atoms with Gasteiger partial charge in [0.15, 0.2) is 0 Å². The molecule has 2 rings (SSSR count). The van der Waals surface area contributed by atoms with E-state index < -0.39 is 6.04 Å². The van der Waals surface area contributed by atoms with E-state index in [1.165, 1.54) is 5.56 Å². The van der Waals surface area contributed by atoms with Crippen molar-refractivity contribution < 1.29 is 4.79 Å². The zero-order valence-corrected chi connectivity index (χ0v) is 12.3. The van der Waals surface area contributed by atoms with Gasteiger partial charge in [0.05, 0.1) is 0 Å². The van der Waals surface area contributed by atoms with Crippen molar-refractivity contribution in [2.45, 2.75) is 31.8 Å². The van der Waals surface area contributed by atoms with Crippen molar-refractivity contribution in [3.63, 3.8) is 0 Å². The van der Waals surface area contributed by atoms with Crippen molar-refractivity contribution in [2.24, 2.45) is 5.73 Å². The molecule has 0 heterocycles. The fourth-order valence-corrected chi connectivity index (χ4v) is 2.38. The first-order chi connectivity index (χ1) is 10.2. The Morgan fingerprint density at radius 1 is 1.05 bits per heavy atom. The molecule has 0 saturated carbocycles. The molecule has 3 heteroatoms. The number of amides is 1. The van der Waals surface area contributed by atoms with E-state index in [1.807, 2.05) is 48.5 Å². The van der Waals surface area contributed by atoms with Gasteiger partial charge in [-0.2, -0.15) is 0 Å². The largest absolute Gasteiger partial charge is 0.368 e. The van der Waals surface area contributed by atoms with Crippen LogP contribution in [0, 0.1) is 0 Å². The Morgan fingerprint density at radius 2 is 1.62 bits per heavy atom. The molecule has 0 spiro atoms. The van der Waals surface area contributed by atoms with Crippen molar-refractivity contribution in [1.29, 1.82) is 0 Å². The summed E-state index contributed by atoms with van der Waals surface area (Å²) >= 11 is 0. The predicted octanol–water partition coefficient (Wildman–Crippen LogP) is 2.82. The van der Waals surface area contributed by atoms with Crippen molar-refractivity contribution in [3.05, 3.63) is 71.8 Å². The minimum atomic E-state index is -0.433. The molecule has 2 aromatic carbocycles. The van der Waals surface area contributed by atoms with Gasteiger partial charge in [0.25, 0.3) is 0 Å². The molecule has 3 N–H and O–H groups in total. The third-order valence-electron chi connectivity index (χ3n) is 3.58. The number of primary amides is 1. The summed E-state index contributed by atoms with van der Waals surface area (Å²) in [5.41, 5.74) is 7.74. The highest BCUT2D eigenvalue weighted by atomic mass is 16.1. The number of nitrogens with one attached hydrogen (secondary N) is 1.